The minimum atomic E-state index is -3.26. The van der Waals surface area contributed by atoms with Gasteiger partial charge in [0.25, 0.3) is 0 Å². The van der Waals surface area contributed by atoms with Gasteiger partial charge in [-0.2, -0.15) is 0 Å². The molecular formula is C37H28BrF2P. The van der Waals surface area contributed by atoms with E-state index in [0.717, 1.165) is 27.8 Å². The normalized spacial score (nSPS) is 12.4. The van der Waals surface area contributed by atoms with Crippen molar-refractivity contribution < 1.29 is 8.78 Å². The van der Waals surface area contributed by atoms with E-state index in [1.807, 2.05) is 24.3 Å². The summed E-state index contributed by atoms with van der Waals surface area (Å²) in [4.78, 5) is 0. The van der Waals surface area contributed by atoms with E-state index in [4.69, 9.17) is 0 Å². The fourth-order valence-electron chi connectivity index (χ4n) is 5.68. The molecule has 6 rings (SSSR count). The summed E-state index contributed by atoms with van der Waals surface area (Å²) in [5.74, 6) is -0.544. The summed E-state index contributed by atoms with van der Waals surface area (Å²) in [5.41, 5.74) is 4.93. The zero-order chi connectivity index (χ0) is 28.3. The van der Waals surface area contributed by atoms with Crippen LogP contribution in [-0.2, 0) is 6.16 Å². The number of halogens is 3. The van der Waals surface area contributed by atoms with Gasteiger partial charge in [-0.1, -0.05) is 0 Å². The van der Waals surface area contributed by atoms with Gasteiger partial charge in [-0.05, 0) is 0 Å². The molecule has 0 aliphatic carbocycles. The van der Waals surface area contributed by atoms with Crippen LogP contribution in [0.1, 0.15) is 5.56 Å². The first-order valence-corrected chi connectivity index (χ1v) is 17.9. The molecule has 0 unspecified atom stereocenters. The molecule has 0 nitrogen and oxygen atoms in total. The second kappa shape index (κ2) is 11.2. The second-order valence-corrected chi connectivity index (χ2v) is 19.2. The third kappa shape index (κ3) is 5.17. The molecule has 0 saturated heterocycles. The Morgan fingerprint density at radius 2 is 0.756 bits per heavy atom. The van der Waals surface area contributed by atoms with E-state index in [-0.39, 0.29) is 11.6 Å². The molecule has 0 heterocycles. The maximum atomic E-state index is 13.9. The summed E-state index contributed by atoms with van der Waals surface area (Å²) in [5, 5.41) is 0.420. The molecule has 0 atom stereocenters. The van der Waals surface area contributed by atoms with Crippen LogP contribution in [0, 0.1) is 11.6 Å². The van der Waals surface area contributed by atoms with Crippen LogP contribution in [0.5, 0.6) is 0 Å². The van der Waals surface area contributed by atoms with Crippen molar-refractivity contribution in [2.24, 2.45) is 0 Å². The maximum absolute atomic E-state index is 13.9. The van der Waals surface area contributed by atoms with Crippen molar-refractivity contribution in [1.29, 1.82) is 0 Å². The third-order valence-corrected chi connectivity index (χ3v) is 17.2. The Hall–Kier alpha value is -3.91. The topological polar surface area (TPSA) is 0 Å². The monoisotopic (exact) mass is 620 g/mol. The first-order valence-electron chi connectivity index (χ1n) is 13.5. The molecule has 0 aliphatic heterocycles. The summed E-state index contributed by atoms with van der Waals surface area (Å²) in [7, 11) is 0. The second-order valence-electron chi connectivity index (χ2n) is 10.3. The first kappa shape index (κ1) is 27.3. The molecule has 6 aromatic rings. The predicted molar refractivity (Wildman–Crippen MR) is 175 cm³/mol. The van der Waals surface area contributed by atoms with Crippen LogP contribution >= 0.6 is 20.8 Å². The van der Waals surface area contributed by atoms with Gasteiger partial charge in [-0.3, -0.25) is 0 Å². The van der Waals surface area contributed by atoms with Crippen LogP contribution in [-0.4, -0.2) is 0 Å². The fraction of sp³-hybridized carbons (Fsp3) is 0.0270. The molecule has 0 aliphatic rings. The van der Waals surface area contributed by atoms with Crippen molar-refractivity contribution in [3.05, 3.63) is 175 Å². The molecule has 0 saturated carbocycles. The molecule has 0 fully saturated rings. The van der Waals surface area contributed by atoms with Crippen molar-refractivity contribution in [1.82, 2.24) is 0 Å². The molecule has 202 valence electrons. The number of benzene rings is 6. The zero-order valence-corrected chi connectivity index (χ0v) is 24.8. The Bertz CT molecular complexity index is 1610. The van der Waals surface area contributed by atoms with Gasteiger partial charge in [0.05, 0.1) is 0 Å². The van der Waals surface area contributed by atoms with Crippen molar-refractivity contribution in [2.45, 2.75) is 6.16 Å². The Labute approximate surface area is 248 Å². The molecule has 41 heavy (non-hydrogen) atoms. The van der Waals surface area contributed by atoms with E-state index < -0.39 is 5.31 Å². The Morgan fingerprint density at radius 3 is 1.10 bits per heavy atom. The molecule has 0 spiro atoms. The van der Waals surface area contributed by atoms with Gasteiger partial charge in [0.1, 0.15) is 0 Å². The van der Waals surface area contributed by atoms with Crippen LogP contribution in [0.4, 0.5) is 8.78 Å². The van der Waals surface area contributed by atoms with E-state index >= 15 is 0 Å². The first-order chi connectivity index (χ1) is 19.9. The fourth-order valence-corrected chi connectivity index (χ4v) is 13.4. The standard InChI is InChI=1S/C37H28BrF2P/c38-41(35-10-4-1-5-11-35,36-12-6-2-7-13-36,37-14-8-3-9-15-37)27-28-24-31(29-16-20-33(39)21-17-29)26-32(25-28)30-18-22-34(40)23-19-30/h1-26H,27H2. The minimum absolute atomic E-state index is 0.272. The van der Waals surface area contributed by atoms with Gasteiger partial charge in [0.2, 0.25) is 0 Å². The summed E-state index contributed by atoms with van der Waals surface area (Å²) >= 11 is 4.57. The van der Waals surface area contributed by atoms with Crippen LogP contribution in [0.3, 0.4) is 0 Å². The van der Waals surface area contributed by atoms with E-state index in [1.54, 1.807) is 0 Å². The Morgan fingerprint density at radius 1 is 0.415 bits per heavy atom. The van der Waals surface area contributed by atoms with E-state index in [0.29, 0.717) is 6.16 Å². The number of rotatable bonds is 7. The zero-order valence-electron chi connectivity index (χ0n) is 22.3. The summed E-state index contributed by atoms with van der Waals surface area (Å²) in [6.07, 6.45) is 0.701. The van der Waals surface area contributed by atoms with Crippen molar-refractivity contribution in [3.8, 4) is 22.3 Å². The molecule has 6 aromatic carbocycles. The van der Waals surface area contributed by atoms with Gasteiger partial charge < -0.3 is 0 Å². The Balaban J connectivity index is 1.64. The SMILES string of the molecule is Fc1ccc(-c2cc(CP(Br)(c3ccccc3)(c3ccccc3)c3ccccc3)cc(-c3ccc(F)cc3)c2)cc1. The van der Waals surface area contributed by atoms with E-state index in [9.17, 15) is 8.78 Å². The van der Waals surface area contributed by atoms with Crippen molar-refractivity contribution >= 4 is 36.7 Å². The van der Waals surface area contributed by atoms with Gasteiger partial charge in [0, 0.05) is 0 Å². The van der Waals surface area contributed by atoms with Crippen molar-refractivity contribution in [3.63, 3.8) is 0 Å². The van der Waals surface area contributed by atoms with Crippen LogP contribution < -0.4 is 15.9 Å². The Kier molecular flexibility index (Phi) is 7.43. The summed E-state index contributed by atoms with van der Waals surface area (Å²) < 4.78 is 27.7. The molecule has 4 heteroatoms. The van der Waals surface area contributed by atoms with Gasteiger partial charge in [-0.25, -0.2) is 0 Å². The number of hydrogen-bond donors (Lipinski definition) is 0. The molecule has 0 bridgehead atoms. The molecule has 0 N–H and O–H groups in total. The van der Waals surface area contributed by atoms with Gasteiger partial charge in [-0.15, -0.1) is 0 Å². The van der Waals surface area contributed by atoms with E-state index in [1.165, 1.54) is 40.2 Å². The number of hydrogen-bond acceptors (Lipinski definition) is 0. The van der Waals surface area contributed by atoms with Crippen LogP contribution in [0.25, 0.3) is 22.3 Å². The summed E-state index contributed by atoms with van der Waals surface area (Å²) in [6, 6.07) is 51.8. The predicted octanol–water partition coefficient (Wildman–Crippen LogP) is 9.64. The van der Waals surface area contributed by atoms with E-state index in [2.05, 4.69) is 125 Å². The molecule has 0 amide bonds. The third-order valence-electron chi connectivity index (χ3n) is 7.71. The average Bonchev–Trinajstić information content (AvgIpc) is 3.03. The molecular weight excluding hydrogens is 593 g/mol. The van der Waals surface area contributed by atoms with Crippen molar-refractivity contribution in [2.75, 3.05) is 0 Å². The van der Waals surface area contributed by atoms with Gasteiger partial charge >= 0.3 is 249 Å². The summed E-state index contributed by atoms with van der Waals surface area (Å²) in [6.45, 7) is 0. The molecule has 0 radical (unpaired) electrons. The van der Waals surface area contributed by atoms with Crippen LogP contribution in [0.2, 0.25) is 0 Å². The average molecular weight is 622 g/mol. The van der Waals surface area contributed by atoms with Gasteiger partial charge in [0.15, 0.2) is 0 Å². The van der Waals surface area contributed by atoms with Crippen LogP contribution in [0.15, 0.2) is 158 Å². The quantitative estimate of drug-likeness (QED) is 0.156. The molecule has 0 aromatic heterocycles.